The molecule has 4 nitrogen and oxygen atoms in total. The summed E-state index contributed by atoms with van der Waals surface area (Å²) in [6.45, 7) is 8.11. The topological polar surface area (TPSA) is 42.4 Å². The molecular formula is C14H22N2O2. The van der Waals surface area contributed by atoms with Crippen LogP contribution in [0.1, 0.15) is 42.7 Å². The maximum absolute atomic E-state index is 11.5. The van der Waals surface area contributed by atoms with Crippen LogP contribution in [0.5, 0.6) is 0 Å². The molecule has 1 aromatic heterocycles. The number of methoxy groups -OCH3 is 1. The highest BCUT2D eigenvalue weighted by molar-refractivity contribution is 5.90. The van der Waals surface area contributed by atoms with Crippen molar-refractivity contribution < 1.29 is 9.53 Å². The standard InChI is InChI=1S/C14H22N2O2/c1-5-9-16(10-6-2)13-8-7-12(11(3)15-13)14(17)18-4/h7-8H,5-6,9-10H2,1-4H3. The first-order chi connectivity index (χ1) is 8.63. The monoisotopic (exact) mass is 250 g/mol. The van der Waals surface area contributed by atoms with Gasteiger partial charge in [0.25, 0.3) is 0 Å². The molecule has 18 heavy (non-hydrogen) atoms. The maximum atomic E-state index is 11.5. The van der Waals surface area contributed by atoms with Crippen molar-refractivity contribution in [3.63, 3.8) is 0 Å². The van der Waals surface area contributed by atoms with Gasteiger partial charge in [-0.3, -0.25) is 0 Å². The van der Waals surface area contributed by atoms with Gasteiger partial charge in [0.2, 0.25) is 0 Å². The van der Waals surface area contributed by atoms with E-state index < -0.39 is 0 Å². The zero-order valence-electron chi connectivity index (χ0n) is 11.7. The Morgan fingerprint density at radius 3 is 2.33 bits per heavy atom. The summed E-state index contributed by atoms with van der Waals surface area (Å²) < 4.78 is 4.72. The first-order valence-electron chi connectivity index (χ1n) is 6.44. The molecule has 100 valence electrons. The normalized spacial score (nSPS) is 10.2. The average molecular weight is 250 g/mol. The second kappa shape index (κ2) is 6.99. The van der Waals surface area contributed by atoms with Crippen molar-refractivity contribution in [2.75, 3.05) is 25.1 Å². The van der Waals surface area contributed by atoms with Crippen LogP contribution in [0.15, 0.2) is 12.1 Å². The van der Waals surface area contributed by atoms with Crippen LogP contribution in [0.25, 0.3) is 0 Å². The predicted molar refractivity (Wildman–Crippen MR) is 73.1 cm³/mol. The second-order valence-corrected chi connectivity index (χ2v) is 4.28. The van der Waals surface area contributed by atoms with Crippen LogP contribution in [0.4, 0.5) is 5.82 Å². The number of anilines is 1. The lowest BCUT2D eigenvalue weighted by atomic mass is 10.2. The van der Waals surface area contributed by atoms with Crippen LogP contribution >= 0.6 is 0 Å². The number of carbonyl (C=O) groups excluding carboxylic acids is 1. The molecule has 0 aliphatic heterocycles. The van der Waals surface area contributed by atoms with Crippen LogP contribution in [-0.4, -0.2) is 31.2 Å². The SMILES string of the molecule is CCCN(CCC)c1ccc(C(=O)OC)c(C)n1. The molecule has 0 aliphatic carbocycles. The fourth-order valence-corrected chi connectivity index (χ4v) is 1.93. The highest BCUT2D eigenvalue weighted by atomic mass is 16.5. The number of esters is 1. The molecule has 0 saturated heterocycles. The van der Waals surface area contributed by atoms with E-state index in [-0.39, 0.29) is 5.97 Å². The van der Waals surface area contributed by atoms with Gasteiger partial charge in [-0.15, -0.1) is 0 Å². The molecule has 0 amide bonds. The van der Waals surface area contributed by atoms with Gasteiger partial charge in [0.1, 0.15) is 5.82 Å². The van der Waals surface area contributed by atoms with E-state index in [0.717, 1.165) is 37.4 Å². The van der Waals surface area contributed by atoms with E-state index in [1.807, 2.05) is 13.0 Å². The zero-order chi connectivity index (χ0) is 13.5. The first-order valence-corrected chi connectivity index (χ1v) is 6.44. The smallest absolute Gasteiger partial charge is 0.339 e. The van der Waals surface area contributed by atoms with Crippen molar-refractivity contribution >= 4 is 11.8 Å². The van der Waals surface area contributed by atoms with Gasteiger partial charge < -0.3 is 9.64 Å². The summed E-state index contributed by atoms with van der Waals surface area (Å²) in [7, 11) is 1.39. The minimum atomic E-state index is -0.330. The molecule has 1 heterocycles. The van der Waals surface area contributed by atoms with E-state index in [0.29, 0.717) is 5.56 Å². The maximum Gasteiger partial charge on any atom is 0.339 e. The highest BCUT2D eigenvalue weighted by Gasteiger charge is 2.13. The van der Waals surface area contributed by atoms with Crippen molar-refractivity contribution in [1.29, 1.82) is 0 Å². The van der Waals surface area contributed by atoms with Crippen molar-refractivity contribution in [2.45, 2.75) is 33.6 Å². The lowest BCUT2D eigenvalue weighted by molar-refractivity contribution is 0.0599. The van der Waals surface area contributed by atoms with Crippen LogP contribution in [-0.2, 0) is 4.74 Å². The van der Waals surface area contributed by atoms with Crippen molar-refractivity contribution in [3.05, 3.63) is 23.4 Å². The summed E-state index contributed by atoms with van der Waals surface area (Å²) >= 11 is 0. The number of pyridine rings is 1. The molecule has 0 unspecified atom stereocenters. The average Bonchev–Trinajstić information content (AvgIpc) is 2.37. The van der Waals surface area contributed by atoms with Crippen molar-refractivity contribution in [2.24, 2.45) is 0 Å². The van der Waals surface area contributed by atoms with Gasteiger partial charge in [-0.2, -0.15) is 0 Å². The summed E-state index contributed by atoms with van der Waals surface area (Å²) in [5.74, 6) is 0.605. The molecule has 4 heteroatoms. The number of aromatic nitrogens is 1. The third-order valence-corrected chi connectivity index (χ3v) is 2.79. The van der Waals surface area contributed by atoms with Gasteiger partial charge in [0.15, 0.2) is 0 Å². The van der Waals surface area contributed by atoms with Gasteiger partial charge in [-0.05, 0) is 31.9 Å². The molecule has 0 spiro atoms. The summed E-state index contributed by atoms with van der Waals surface area (Å²) in [5.41, 5.74) is 1.26. The molecule has 1 aromatic rings. The Morgan fingerprint density at radius 2 is 1.89 bits per heavy atom. The molecule has 0 atom stereocenters. The minimum absolute atomic E-state index is 0.330. The first kappa shape index (κ1) is 14.5. The molecular weight excluding hydrogens is 228 g/mol. The van der Waals surface area contributed by atoms with E-state index in [1.165, 1.54) is 7.11 Å². The van der Waals surface area contributed by atoms with Gasteiger partial charge in [-0.25, -0.2) is 9.78 Å². The lowest BCUT2D eigenvalue weighted by Gasteiger charge is -2.23. The Balaban J connectivity index is 2.97. The fraction of sp³-hybridized carbons (Fsp3) is 0.571. The quantitative estimate of drug-likeness (QED) is 0.728. The number of rotatable bonds is 6. The third-order valence-electron chi connectivity index (χ3n) is 2.79. The Labute approximate surface area is 109 Å². The number of hydrogen-bond acceptors (Lipinski definition) is 4. The van der Waals surface area contributed by atoms with E-state index >= 15 is 0 Å². The van der Waals surface area contributed by atoms with E-state index in [4.69, 9.17) is 4.74 Å². The van der Waals surface area contributed by atoms with Gasteiger partial charge >= 0.3 is 5.97 Å². The summed E-state index contributed by atoms with van der Waals surface area (Å²) in [6, 6.07) is 3.69. The largest absolute Gasteiger partial charge is 0.465 e. The zero-order valence-corrected chi connectivity index (χ0v) is 11.7. The number of ether oxygens (including phenoxy) is 1. The Bertz CT molecular complexity index is 399. The number of carbonyl (C=O) groups is 1. The Kier molecular flexibility index (Phi) is 5.62. The molecule has 0 fully saturated rings. The van der Waals surface area contributed by atoms with Gasteiger partial charge in [0.05, 0.1) is 18.4 Å². The Hall–Kier alpha value is -1.58. The lowest BCUT2D eigenvalue weighted by Crippen LogP contribution is -2.26. The van der Waals surface area contributed by atoms with Gasteiger partial charge in [-0.1, -0.05) is 13.8 Å². The molecule has 0 radical (unpaired) electrons. The third kappa shape index (κ3) is 3.45. The van der Waals surface area contributed by atoms with Crippen molar-refractivity contribution in [1.82, 2.24) is 4.98 Å². The summed E-state index contributed by atoms with van der Waals surface area (Å²) in [5, 5.41) is 0. The fourth-order valence-electron chi connectivity index (χ4n) is 1.93. The van der Waals surface area contributed by atoms with E-state index in [2.05, 4.69) is 23.7 Å². The Morgan fingerprint density at radius 1 is 1.28 bits per heavy atom. The van der Waals surface area contributed by atoms with Gasteiger partial charge in [0, 0.05) is 13.1 Å². The molecule has 0 aromatic carbocycles. The highest BCUT2D eigenvalue weighted by Crippen LogP contribution is 2.16. The predicted octanol–water partition coefficient (Wildman–Crippen LogP) is 2.80. The molecule has 0 bridgehead atoms. The molecule has 0 aliphatic rings. The second-order valence-electron chi connectivity index (χ2n) is 4.28. The van der Waals surface area contributed by atoms with Crippen LogP contribution < -0.4 is 4.90 Å². The van der Waals surface area contributed by atoms with Crippen LogP contribution in [0.2, 0.25) is 0 Å². The summed E-state index contributed by atoms with van der Waals surface area (Å²) in [6.07, 6.45) is 2.17. The van der Waals surface area contributed by atoms with E-state index in [1.54, 1.807) is 6.07 Å². The molecule has 0 saturated carbocycles. The summed E-state index contributed by atoms with van der Waals surface area (Å²) in [4.78, 5) is 18.2. The minimum Gasteiger partial charge on any atom is -0.465 e. The van der Waals surface area contributed by atoms with E-state index in [9.17, 15) is 4.79 Å². The number of hydrogen-bond donors (Lipinski definition) is 0. The number of aryl methyl sites for hydroxylation is 1. The van der Waals surface area contributed by atoms with Crippen molar-refractivity contribution in [3.8, 4) is 0 Å². The molecule has 0 N–H and O–H groups in total. The number of nitrogens with zero attached hydrogens (tertiary/aromatic N) is 2. The van der Waals surface area contributed by atoms with Crippen LogP contribution in [0, 0.1) is 6.92 Å². The van der Waals surface area contributed by atoms with Crippen LogP contribution in [0.3, 0.4) is 0 Å². The molecule has 1 rings (SSSR count).